The first kappa shape index (κ1) is 21.0. The number of pyridine rings is 1. The van der Waals surface area contributed by atoms with Crippen LogP contribution in [0.1, 0.15) is 18.9 Å². The number of rotatable bonds is 4. The lowest BCUT2D eigenvalue weighted by Gasteiger charge is -2.34. The molecule has 3 fully saturated rings. The van der Waals surface area contributed by atoms with Gasteiger partial charge in [0.25, 0.3) is 0 Å². The van der Waals surface area contributed by atoms with Crippen molar-refractivity contribution in [2.75, 3.05) is 38.3 Å². The number of nitrogens with two attached hydrogens (primary N) is 1. The summed E-state index contributed by atoms with van der Waals surface area (Å²) in [6.07, 6.45) is -0.808. The summed E-state index contributed by atoms with van der Waals surface area (Å²) in [5.74, 6) is -1.07. The fraction of sp³-hybridized carbons (Fsp3) is 0.524. The van der Waals surface area contributed by atoms with E-state index in [0.717, 1.165) is 18.7 Å². The molecular weight excluding hydrogens is 428 g/mol. The zero-order valence-electron chi connectivity index (χ0n) is 17.3. The fourth-order valence-electron chi connectivity index (χ4n) is 4.97. The molecule has 1 aliphatic carbocycles. The van der Waals surface area contributed by atoms with Crippen molar-refractivity contribution in [2.24, 2.45) is 11.7 Å². The standard InChI is InChI=1S/C21H23F2N3O6/c1-30-19-16-11(18(27)15(32-20(28)29)7-26(16)14-5-12(14)22)4-13(23)17(19)25-6-10-2-3-31-9-21(10,24)8-25/h4,7,10,12,14H,2-3,5-6,8-9,24H2,1H3,(H,28,29)/t10-,12-,14+,21-/m0/s1. The third kappa shape index (κ3) is 3.18. The molecular formula is C21H23F2N3O6. The molecule has 2 aliphatic heterocycles. The van der Waals surface area contributed by atoms with Crippen LogP contribution in [0.5, 0.6) is 11.5 Å². The Hall–Kier alpha value is -2.92. The number of fused-ring (bicyclic) bond motifs is 2. The molecule has 172 valence electrons. The van der Waals surface area contributed by atoms with Gasteiger partial charge in [-0.05, 0) is 12.5 Å². The van der Waals surface area contributed by atoms with Crippen molar-refractivity contribution in [3.8, 4) is 11.5 Å². The van der Waals surface area contributed by atoms with E-state index in [0.29, 0.717) is 26.3 Å². The molecule has 0 unspecified atom stereocenters. The highest BCUT2D eigenvalue weighted by atomic mass is 19.1. The maximum Gasteiger partial charge on any atom is 0.511 e. The van der Waals surface area contributed by atoms with E-state index in [2.05, 4.69) is 4.74 Å². The Morgan fingerprint density at radius 2 is 2.19 bits per heavy atom. The van der Waals surface area contributed by atoms with Crippen LogP contribution >= 0.6 is 0 Å². The predicted octanol–water partition coefficient (Wildman–Crippen LogP) is 2.04. The van der Waals surface area contributed by atoms with Crippen molar-refractivity contribution >= 4 is 22.7 Å². The van der Waals surface area contributed by atoms with Gasteiger partial charge in [-0.1, -0.05) is 0 Å². The Labute approximate surface area is 181 Å². The van der Waals surface area contributed by atoms with E-state index in [4.69, 9.17) is 20.3 Å². The summed E-state index contributed by atoms with van der Waals surface area (Å²) >= 11 is 0. The molecule has 0 amide bonds. The van der Waals surface area contributed by atoms with Gasteiger partial charge < -0.3 is 34.5 Å². The molecule has 1 aromatic carbocycles. The summed E-state index contributed by atoms with van der Waals surface area (Å²) < 4.78 is 46.6. The Bertz CT molecular complexity index is 1170. The zero-order valence-corrected chi connectivity index (χ0v) is 17.3. The molecule has 3 N–H and O–H groups in total. The lowest BCUT2D eigenvalue weighted by molar-refractivity contribution is 0.0203. The highest BCUT2D eigenvalue weighted by molar-refractivity contribution is 5.92. The number of ether oxygens (including phenoxy) is 3. The maximum absolute atomic E-state index is 15.4. The highest BCUT2D eigenvalue weighted by Gasteiger charge is 2.47. The summed E-state index contributed by atoms with van der Waals surface area (Å²) in [7, 11) is 1.35. The van der Waals surface area contributed by atoms with E-state index in [1.807, 2.05) is 0 Å². The number of benzene rings is 1. The number of halogens is 2. The Kier molecular flexibility index (Phi) is 4.79. The predicted molar refractivity (Wildman–Crippen MR) is 110 cm³/mol. The van der Waals surface area contributed by atoms with Crippen LogP contribution in [0.25, 0.3) is 10.9 Å². The van der Waals surface area contributed by atoms with Gasteiger partial charge in [-0.3, -0.25) is 4.79 Å². The van der Waals surface area contributed by atoms with Crippen LogP contribution in [0.3, 0.4) is 0 Å². The molecule has 2 aromatic rings. The maximum atomic E-state index is 15.4. The Morgan fingerprint density at radius 1 is 1.44 bits per heavy atom. The molecule has 0 bridgehead atoms. The molecule has 11 heteroatoms. The van der Waals surface area contributed by atoms with Crippen LogP contribution in [0.4, 0.5) is 19.3 Å². The minimum atomic E-state index is -1.69. The number of methoxy groups -OCH3 is 1. The summed E-state index contributed by atoms with van der Waals surface area (Å²) in [5.41, 5.74) is 5.40. The summed E-state index contributed by atoms with van der Waals surface area (Å²) in [6.45, 7) is 1.76. The van der Waals surface area contributed by atoms with Crippen LogP contribution in [0, 0.1) is 11.7 Å². The lowest BCUT2D eigenvalue weighted by atomic mass is 9.85. The van der Waals surface area contributed by atoms with E-state index in [9.17, 15) is 14.0 Å². The molecule has 2 saturated heterocycles. The van der Waals surface area contributed by atoms with Crippen molar-refractivity contribution < 1.29 is 32.9 Å². The number of hydrogen-bond acceptors (Lipinski definition) is 7. The van der Waals surface area contributed by atoms with E-state index < -0.39 is 40.9 Å². The van der Waals surface area contributed by atoms with Gasteiger partial charge in [0, 0.05) is 32.0 Å². The topological polar surface area (TPSA) is 116 Å². The van der Waals surface area contributed by atoms with Crippen LogP contribution in [0.15, 0.2) is 17.1 Å². The molecule has 1 saturated carbocycles. The number of alkyl halides is 1. The second-order valence-corrected chi connectivity index (χ2v) is 8.71. The SMILES string of the molecule is COc1c(N2C[C@@H]3CCOC[C@@]3(N)C2)c(F)cc2c(=O)c(OC(=O)O)cn([C@@H]3C[C@@H]3F)c12. The van der Waals surface area contributed by atoms with Crippen LogP contribution in [-0.4, -0.2) is 61.0 Å². The van der Waals surface area contributed by atoms with Gasteiger partial charge >= 0.3 is 6.16 Å². The minimum absolute atomic E-state index is 0.0706. The monoisotopic (exact) mass is 451 g/mol. The molecule has 0 spiro atoms. The number of aromatic nitrogens is 1. The second kappa shape index (κ2) is 7.31. The average molecular weight is 451 g/mol. The van der Waals surface area contributed by atoms with E-state index in [1.54, 1.807) is 4.90 Å². The van der Waals surface area contributed by atoms with Gasteiger partial charge in [-0.2, -0.15) is 0 Å². The van der Waals surface area contributed by atoms with Gasteiger partial charge in [-0.15, -0.1) is 0 Å². The third-order valence-corrected chi connectivity index (χ3v) is 6.64. The van der Waals surface area contributed by atoms with E-state index >= 15 is 4.39 Å². The van der Waals surface area contributed by atoms with Gasteiger partial charge in [0.2, 0.25) is 5.43 Å². The first-order valence-electron chi connectivity index (χ1n) is 10.3. The molecule has 4 atom stereocenters. The van der Waals surface area contributed by atoms with Crippen molar-refractivity contribution in [3.63, 3.8) is 0 Å². The molecule has 5 rings (SSSR count). The summed E-state index contributed by atoms with van der Waals surface area (Å²) in [4.78, 5) is 25.7. The smallest absolute Gasteiger partial charge is 0.492 e. The Morgan fingerprint density at radius 3 is 2.81 bits per heavy atom. The zero-order chi connectivity index (χ0) is 22.8. The van der Waals surface area contributed by atoms with Crippen molar-refractivity contribution in [2.45, 2.75) is 30.6 Å². The molecule has 0 radical (unpaired) electrons. The van der Waals surface area contributed by atoms with Crippen molar-refractivity contribution in [1.29, 1.82) is 0 Å². The van der Waals surface area contributed by atoms with E-state index in [1.165, 1.54) is 11.7 Å². The van der Waals surface area contributed by atoms with Gasteiger partial charge in [0.1, 0.15) is 11.9 Å². The first-order chi connectivity index (χ1) is 15.2. The number of hydrogen-bond donors (Lipinski definition) is 2. The number of anilines is 1. The molecule has 9 nitrogen and oxygen atoms in total. The molecule has 1 aromatic heterocycles. The van der Waals surface area contributed by atoms with Crippen molar-refractivity contribution in [3.05, 3.63) is 28.3 Å². The molecule has 32 heavy (non-hydrogen) atoms. The quantitative estimate of drug-likeness (QED) is 0.679. The summed E-state index contributed by atoms with van der Waals surface area (Å²) in [5, 5.41) is 8.81. The highest BCUT2D eigenvalue weighted by Crippen LogP contribution is 2.47. The van der Waals surface area contributed by atoms with Crippen LogP contribution in [-0.2, 0) is 4.74 Å². The second-order valence-electron chi connectivity index (χ2n) is 8.71. The third-order valence-electron chi connectivity index (χ3n) is 6.64. The molecule has 3 aliphatic rings. The minimum Gasteiger partial charge on any atom is -0.492 e. The normalized spacial score (nSPS) is 29.1. The molecule has 3 heterocycles. The number of nitrogens with zero attached hydrogens (tertiary/aromatic N) is 2. The largest absolute Gasteiger partial charge is 0.511 e. The van der Waals surface area contributed by atoms with E-state index in [-0.39, 0.29) is 34.7 Å². The number of carboxylic acid groups (broad SMARTS) is 1. The summed E-state index contributed by atoms with van der Waals surface area (Å²) in [6, 6.07) is 0.384. The number of carbonyl (C=O) groups is 1. The first-order valence-corrected chi connectivity index (χ1v) is 10.3. The average Bonchev–Trinajstić information content (AvgIpc) is 3.35. The van der Waals surface area contributed by atoms with Gasteiger partial charge in [-0.25, -0.2) is 13.6 Å². The fourth-order valence-corrected chi connectivity index (χ4v) is 4.97. The van der Waals surface area contributed by atoms with Gasteiger partial charge in [0.05, 0.1) is 42.4 Å². The van der Waals surface area contributed by atoms with Gasteiger partial charge in [0.15, 0.2) is 17.3 Å². The Balaban J connectivity index is 1.71. The van der Waals surface area contributed by atoms with Crippen molar-refractivity contribution in [1.82, 2.24) is 4.57 Å². The lowest BCUT2D eigenvalue weighted by Crippen LogP contribution is -2.54. The van der Waals surface area contributed by atoms with Crippen LogP contribution in [0.2, 0.25) is 0 Å². The van der Waals surface area contributed by atoms with Crippen LogP contribution < -0.4 is 25.5 Å².